The Kier molecular flexibility index (Phi) is 5.46. The molecule has 2 aromatic carbocycles. The number of hydrogen-bond donors (Lipinski definition) is 1. The first-order valence-corrected chi connectivity index (χ1v) is 9.52. The zero-order valence-electron chi connectivity index (χ0n) is 15.9. The van der Waals surface area contributed by atoms with Crippen LogP contribution in [0.1, 0.15) is 5.56 Å². The third-order valence-corrected chi connectivity index (χ3v) is 5.26. The highest BCUT2D eigenvalue weighted by atomic mass is 19.1. The molecular weight excluding hydrogens is 375 g/mol. The maximum atomic E-state index is 14.9. The summed E-state index contributed by atoms with van der Waals surface area (Å²) in [5.41, 5.74) is 7.56. The Morgan fingerprint density at radius 1 is 1.21 bits per heavy atom. The van der Waals surface area contributed by atoms with Crippen LogP contribution in [0.4, 0.5) is 15.8 Å². The summed E-state index contributed by atoms with van der Waals surface area (Å²) in [5, 5.41) is 0. The van der Waals surface area contributed by atoms with Gasteiger partial charge >= 0.3 is 0 Å². The predicted octanol–water partition coefficient (Wildman–Crippen LogP) is 1.32. The van der Waals surface area contributed by atoms with Crippen LogP contribution >= 0.6 is 0 Å². The van der Waals surface area contributed by atoms with Crippen molar-refractivity contribution >= 4 is 23.6 Å². The van der Waals surface area contributed by atoms with Gasteiger partial charge in [0, 0.05) is 25.3 Å². The van der Waals surface area contributed by atoms with E-state index < -0.39 is 12.0 Å². The van der Waals surface area contributed by atoms with E-state index in [-0.39, 0.29) is 25.1 Å². The van der Waals surface area contributed by atoms with E-state index in [0.29, 0.717) is 37.4 Å². The molecule has 2 saturated heterocycles. The first-order valence-electron chi connectivity index (χ1n) is 9.52. The molecule has 2 atom stereocenters. The average Bonchev–Trinajstić information content (AvgIpc) is 3.32. The fourth-order valence-electron chi connectivity index (χ4n) is 3.76. The van der Waals surface area contributed by atoms with Crippen LogP contribution in [0.3, 0.4) is 0 Å². The van der Waals surface area contributed by atoms with Crippen LogP contribution in [-0.4, -0.2) is 55.7 Å². The molecule has 2 N–H and O–H groups in total. The van der Waals surface area contributed by atoms with E-state index in [9.17, 15) is 14.0 Å². The van der Waals surface area contributed by atoms with Gasteiger partial charge in [-0.25, -0.2) is 4.39 Å². The summed E-state index contributed by atoms with van der Waals surface area (Å²) in [6.07, 6.45) is -0.360. The van der Waals surface area contributed by atoms with E-state index in [1.807, 2.05) is 30.3 Å². The Labute approximate surface area is 168 Å². The fourth-order valence-corrected chi connectivity index (χ4v) is 3.76. The van der Waals surface area contributed by atoms with Gasteiger partial charge in [0.2, 0.25) is 5.91 Å². The quantitative estimate of drug-likeness (QED) is 0.740. The molecule has 8 heteroatoms. The number of hydrogen-bond acceptors (Lipinski definition) is 6. The van der Waals surface area contributed by atoms with Crippen LogP contribution in [-0.2, 0) is 20.9 Å². The zero-order chi connectivity index (χ0) is 20.4. The van der Waals surface area contributed by atoms with Crippen molar-refractivity contribution in [3.05, 3.63) is 59.9 Å². The van der Waals surface area contributed by atoms with E-state index in [0.717, 1.165) is 5.56 Å². The second-order valence-corrected chi connectivity index (χ2v) is 7.23. The van der Waals surface area contributed by atoms with Gasteiger partial charge in [0.1, 0.15) is 5.82 Å². The van der Waals surface area contributed by atoms with E-state index >= 15 is 0 Å². The minimum absolute atomic E-state index is 0.0444. The summed E-state index contributed by atoms with van der Waals surface area (Å²) < 4.78 is 20.4. The molecule has 29 heavy (non-hydrogen) atoms. The summed E-state index contributed by atoms with van der Waals surface area (Å²) in [4.78, 5) is 28.8. The molecule has 2 aliphatic rings. The first kappa shape index (κ1) is 19.4. The van der Waals surface area contributed by atoms with E-state index in [4.69, 9.17) is 10.5 Å². The average molecular weight is 398 g/mol. The molecule has 2 fully saturated rings. The Morgan fingerprint density at radius 2 is 2.00 bits per heavy atom. The monoisotopic (exact) mass is 398 g/mol. The maximum absolute atomic E-state index is 14.9. The molecule has 0 aromatic heterocycles. The minimum atomic E-state index is -0.775. The second kappa shape index (κ2) is 8.18. The van der Waals surface area contributed by atoms with Gasteiger partial charge < -0.3 is 25.2 Å². The van der Waals surface area contributed by atoms with Crippen molar-refractivity contribution in [2.75, 3.05) is 36.1 Å². The third-order valence-electron chi connectivity index (χ3n) is 5.26. The van der Waals surface area contributed by atoms with E-state index in [1.165, 1.54) is 6.07 Å². The van der Waals surface area contributed by atoms with Crippen molar-refractivity contribution < 1.29 is 18.7 Å². The van der Waals surface area contributed by atoms with Crippen molar-refractivity contribution in [1.82, 2.24) is 4.90 Å². The maximum Gasteiger partial charge on any atom is 0.243 e. The summed E-state index contributed by atoms with van der Waals surface area (Å²) in [6, 6.07) is 14.4. The molecule has 4 rings (SSSR count). The highest BCUT2D eigenvalue weighted by Gasteiger charge is 2.33. The summed E-state index contributed by atoms with van der Waals surface area (Å²) in [6.45, 7) is 1.65. The molecule has 7 nitrogen and oxygen atoms in total. The van der Waals surface area contributed by atoms with Gasteiger partial charge in [0.15, 0.2) is 12.5 Å². The molecule has 152 valence electrons. The number of ether oxygens (including phenoxy) is 1. The van der Waals surface area contributed by atoms with Gasteiger partial charge in [0.25, 0.3) is 0 Å². The summed E-state index contributed by atoms with van der Waals surface area (Å²) in [7, 11) is 0. The van der Waals surface area contributed by atoms with Crippen molar-refractivity contribution in [3.8, 4) is 0 Å². The molecule has 2 unspecified atom stereocenters. The highest BCUT2D eigenvalue weighted by Crippen LogP contribution is 2.30. The SMILES string of the molecule is NCC1CN(c2ccc(N3CC(=O)N(Cc4ccccc4)C3)c(F)c2)C(C=O)O1. The van der Waals surface area contributed by atoms with Crippen LogP contribution in [0, 0.1) is 5.82 Å². The van der Waals surface area contributed by atoms with Gasteiger partial charge in [-0.15, -0.1) is 0 Å². The highest BCUT2D eigenvalue weighted by molar-refractivity contribution is 5.85. The lowest BCUT2D eigenvalue weighted by Crippen LogP contribution is -2.32. The molecular formula is C21H23FN4O3. The van der Waals surface area contributed by atoms with Gasteiger partial charge in [-0.05, 0) is 23.8 Å². The summed E-state index contributed by atoms with van der Waals surface area (Å²) >= 11 is 0. The van der Waals surface area contributed by atoms with Crippen molar-refractivity contribution in [1.29, 1.82) is 0 Å². The number of nitrogens with two attached hydrogens (primary N) is 1. The Bertz CT molecular complexity index is 895. The van der Waals surface area contributed by atoms with Crippen molar-refractivity contribution in [2.24, 2.45) is 5.73 Å². The predicted molar refractivity (Wildman–Crippen MR) is 107 cm³/mol. The number of anilines is 2. The molecule has 0 spiro atoms. The van der Waals surface area contributed by atoms with Gasteiger partial charge in [-0.1, -0.05) is 30.3 Å². The molecule has 2 aliphatic heterocycles. The molecule has 2 heterocycles. The number of nitrogens with zero attached hydrogens (tertiary/aromatic N) is 3. The minimum Gasteiger partial charge on any atom is -0.345 e. The molecule has 0 bridgehead atoms. The largest absolute Gasteiger partial charge is 0.345 e. The lowest BCUT2D eigenvalue weighted by atomic mass is 10.2. The van der Waals surface area contributed by atoms with Gasteiger partial charge in [-0.2, -0.15) is 0 Å². The Morgan fingerprint density at radius 3 is 2.69 bits per heavy atom. The number of carbonyl (C=O) groups excluding carboxylic acids is 2. The molecule has 2 aromatic rings. The van der Waals surface area contributed by atoms with Gasteiger partial charge in [0.05, 0.1) is 25.0 Å². The smallest absolute Gasteiger partial charge is 0.243 e. The van der Waals surface area contributed by atoms with Crippen molar-refractivity contribution in [3.63, 3.8) is 0 Å². The molecule has 1 amide bonds. The normalized spacial score (nSPS) is 21.9. The molecule has 0 saturated carbocycles. The number of amides is 1. The number of benzene rings is 2. The fraction of sp³-hybridized carbons (Fsp3) is 0.333. The first-order chi connectivity index (χ1) is 14.1. The zero-order valence-corrected chi connectivity index (χ0v) is 15.9. The number of aldehydes is 1. The van der Waals surface area contributed by atoms with Crippen LogP contribution < -0.4 is 15.5 Å². The van der Waals surface area contributed by atoms with Crippen molar-refractivity contribution in [2.45, 2.75) is 18.9 Å². The van der Waals surface area contributed by atoms with Gasteiger partial charge in [-0.3, -0.25) is 9.59 Å². The standard InChI is InChI=1S/C21H23FN4O3/c22-18-8-16(26-11-17(9-23)29-21(26)13-27)6-7-19(18)24-12-20(28)25(14-24)10-15-4-2-1-3-5-15/h1-8,13,17,21H,9-12,14,23H2. The topological polar surface area (TPSA) is 79.1 Å². The third kappa shape index (κ3) is 3.94. The van der Waals surface area contributed by atoms with Crippen LogP contribution in [0.5, 0.6) is 0 Å². The number of carbonyl (C=O) groups is 2. The lowest BCUT2D eigenvalue weighted by Gasteiger charge is -2.24. The van der Waals surface area contributed by atoms with E-state index in [2.05, 4.69) is 0 Å². The Hall–Kier alpha value is -2.97. The molecule has 0 radical (unpaired) electrons. The Balaban J connectivity index is 1.48. The second-order valence-electron chi connectivity index (χ2n) is 7.23. The lowest BCUT2D eigenvalue weighted by molar-refractivity contribution is -0.127. The molecule has 0 aliphatic carbocycles. The van der Waals surface area contributed by atoms with E-state index in [1.54, 1.807) is 26.8 Å². The van der Waals surface area contributed by atoms with Crippen LogP contribution in [0.15, 0.2) is 48.5 Å². The van der Waals surface area contributed by atoms with Crippen LogP contribution in [0.25, 0.3) is 0 Å². The number of rotatable bonds is 6. The van der Waals surface area contributed by atoms with Crippen LogP contribution in [0.2, 0.25) is 0 Å². The summed E-state index contributed by atoms with van der Waals surface area (Å²) in [5.74, 6) is -0.491. The number of halogens is 1.